The smallest absolute Gasteiger partial charge is 0.163 e. The molecule has 0 bridgehead atoms. The number of aromatic amines is 1. The van der Waals surface area contributed by atoms with Crippen LogP contribution in [0.5, 0.6) is 0 Å². The molecule has 0 radical (unpaired) electrons. The van der Waals surface area contributed by atoms with Crippen LogP contribution in [0.3, 0.4) is 0 Å². The van der Waals surface area contributed by atoms with E-state index in [4.69, 9.17) is 5.73 Å². The summed E-state index contributed by atoms with van der Waals surface area (Å²) in [4.78, 5) is 14.7. The van der Waals surface area contributed by atoms with Gasteiger partial charge in [-0.1, -0.05) is 24.3 Å². The highest BCUT2D eigenvalue weighted by Gasteiger charge is 2.17. The number of hydrogen-bond acceptors (Lipinski definition) is 2. The van der Waals surface area contributed by atoms with Crippen molar-refractivity contribution in [1.29, 1.82) is 0 Å². The molecule has 0 spiro atoms. The Morgan fingerprint density at radius 3 is 2.41 bits per heavy atom. The average Bonchev–Trinajstić information content (AvgIpc) is 2.55. The minimum atomic E-state index is -0.00363. The van der Waals surface area contributed by atoms with Crippen molar-refractivity contribution in [3.8, 4) is 11.3 Å². The largest absolute Gasteiger partial charge is 0.396 e. The zero-order valence-electron chi connectivity index (χ0n) is 10.3. The van der Waals surface area contributed by atoms with E-state index in [1.807, 2.05) is 38.1 Å². The molecular formula is C14H16N2O. The average molecular weight is 228 g/mol. The number of Topliss-reactive ketones (excluding diaryl/α,β-unsaturated/α-hetero) is 1. The highest BCUT2D eigenvalue weighted by Crippen LogP contribution is 2.32. The first-order valence-electron chi connectivity index (χ1n) is 5.57. The van der Waals surface area contributed by atoms with Crippen molar-refractivity contribution in [3.63, 3.8) is 0 Å². The van der Waals surface area contributed by atoms with Crippen LogP contribution in [-0.4, -0.2) is 10.8 Å². The van der Waals surface area contributed by atoms with Gasteiger partial charge in [0, 0.05) is 11.3 Å². The molecule has 1 heterocycles. The van der Waals surface area contributed by atoms with Crippen molar-refractivity contribution >= 4 is 11.5 Å². The number of nitrogens with two attached hydrogens (primary N) is 1. The van der Waals surface area contributed by atoms with Crippen molar-refractivity contribution in [2.45, 2.75) is 20.8 Å². The first kappa shape index (κ1) is 11.5. The predicted molar refractivity (Wildman–Crippen MR) is 70.1 cm³/mol. The molecule has 1 aromatic carbocycles. The maximum absolute atomic E-state index is 11.5. The number of nitrogen functional groups attached to an aromatic ring is 1. The summed E-state index contributed by atoms with van der Waals surface area (Å²) in [6.45, 7) is 5.43. The lowest BCUT2D eigenvalue weighted by molar-refractivity contribution is 0.101. The number of benzene rings is 1. The van der Waals surface area contributed by atoms with Gasteiger partial charge in [0.05, 0.1) is 16.9 Å². The number of carbonyl (C=O) groups is 1. The van der Waals surface area contributed by atoms with Gasteiger partial charge in [0.2, 0.25) is 0 Å². The molecule has 88 valence electrons. The zero-order chi connectivity index (χ0) is 12.6. The highest BCUT2D eigenvalue weighted by molar-refractivity contribution is 6.03. The second-order valence-electron chi connectivity index (χ2n) is 4.28. The van der Waals surface area contributed by atoms with Gasteiger partial charge < -0.3 is 10.7 Å². The van der Waals surface area contributed by atoms with Crippen LogP contribution in [-0.2, 0) is 0 Å². The van der Waals surface area contributed by atoms with Crippen LogP contribution in [0.4, 0.5) is 5.69 Å². The van der Waals surface area contributed by atoms with Crippen LogP contribution in [0.2, 0.25) is 0 Å². The molecule has 2 rings (SSSR count). The maximum Gasteiger partial charge on any atom is 0.163 e. The quantitative estimate of drug-likeness (QED) is 0.776. The number of H-pyrrole nitrogens is 1. The third kappa shape index (κ3) is 1.84. The Bertz CT molecular complexity index is 582. The van der Waals surface area contributed by atoms with Gasteiger partial charge in [-0.3, -0.25) is 4.79 Å². The minimum absolute atomic E-state index is 0.00363. The maximum atomic E-state index is 11.5. The summed E-state index contributed by atoms with van der Waals surface area (Å²) in [7, 11) is 0. The molecule has 0 aliphatic carbocycles. The van der Waals surface area contributed by atoms with E-state index in [1.165, 1.54) is 6.92 Å². The number of ketones is 1. The van der Waals surface area contributed by atoms with Crippen LogP contribution in [0.1, 0.15) is 28.5 Å². The Kier molecular flexibility index (Phi) is 2.76. The lowest BCUT2D eigenvalue weighted by atomic mass is 10.0. The molecule has 0 saturated carbocycles. The third-order valence-electron chi connectivity index (χ3n) is 2.99. The Morgan fingerprint density at radius 1 is 1.24 bits per heavy atom. The summed E-state index contributed by atoms with van der Waals surface area (Å²) in [6, 6.07) is 7.97. The molecule has 0 aliphatic heterocycles. The third-order valence-corrected chi connectivity index (χ3v) is 2.99. The van der Waals surface area contributed by atoms with Crippen LogP contribution in [0, 0.1) is 13.8 Å². The predicted octanol–water partition coefficient (Wildman–Crippen LogP) is 3.08. The Hall–Kier alpha value is -2.03. The van der Waals surface area contributed by atoms with E-state index in [1.54, 1.807) is 0 Å². The molecule has 2 aromatic rings. The van der Waals surface area contributed by atoms with Gasteiger partial charge in [-0.05, 0) is 26.3 Å². The standard InChI is InChI=1S/C14H16N2O/c1-8-6-4-5-7-11(8)14-13(15)12(10(3)17)9(2)16-14/h4-7,16H,15H2,1-3H3. The van der Waals surface area contributed by atoms with Gasteiger partial charge in [-0.15, -0.1) is 0 Å². The lowest BCUT2D eigenvalue weighted by Crippen LogP contribution is -1.98. The van der Waals surface area contributed by atoms with Gasteiger partial charge >= 0.3 is 0 Å². The van der Waals surface area contributed by atoms with E-state index in [0.29, 0.717) is 11.3 Å². The summed E-state index contributed by atoms with van der Waals surface area (Å²) >= 11 is 0. The van der Waals surface area contributed by atoms with Crippen LogP contribution in [0.15, 0.2) is 24.3 Å². The van der Waals surface area contributed by atoms with Gasteiger partial charge in [-0.25, -0.2) is 0 Å². The summed E-state index contributed by atoms with van der Waals surface area (Å²) < 4.78 is 0. The lowest BCUT2D eigenvalue weighted by Gasteiger charge is -2.04. The summed E-state index contributed by atoms with van der Waals surface area (Å²) in [5.74, 6) is -0.00363. The minimum Gasteiger partial charge on any atom is -0.396 e. The van der Waals surface area contributed by atoms with Crippen LogP contribution < -0.4 is 5.73 Å². The first-order chi connectivity index (χ1) is 8.02. The monoisotopic (exact) mass is 228 g/mol. The molecule has 0 unspecified atom stereocenters. The fourth-order valence-corrected chi connectivity index (χ4v) is 2.16. The molecule has 17 heavy (non-hydrogen) atoms. The van der Waals surface area contributed by atoms with Crippen LogP contribution in [0.25, 0.3) is 11.3 Å². The van der Waals surface area contributed by atoms with Crippen molar-refractivity contribution in [3.05, 3.63) is 41.1 Å². The van der Waals surface area contributed by atoms with Crippen molar-refractivity contribution in [1.82, 2.24) is 4.98 Å². The van der Waals surface area contributed by atoms with E-state index in [-0.39, 0.29) is 5.78 Å². The summed E-state index contributed by atoms with van der Waals surface area (Å²) in [6.07, 6.45) is 0. The number of carbonyl (C=O) groups excluding carboxylic acids is 1. The topological polar surface area (TPSA) is 58.9 Å². The van der Waals surface area contributed by atoms with E-state index < -0.39 is 0 Å². The molecule has 0 atom stereocenters. The number of rotatable bonds is 2. The van der Waals surface area contributed by atoms with Gasteiger partial charge in [0.25, 0.3) is 0 Å². The number of nitrogens with one attached hydrogen (secondary N) is 1. The van der Waals surface area contributed by atoms with Crippen molar-refractivity contribution < 1.29 is 4.79 Å². The second-order valence-corrected chi connectivity index (χ2v) is 4.28. The molecule has 1 aromatic heterocycles. The molecule has 0 fully saturated rings. The first-order valence-corrected chi connectivity index (χ1v) is 5.57. The normalized spacial score (nSPS) is 10.5. The van der Waals surface area contributed by atoms with E-state index in [2.05, 4.69) is 4.98 Å². The summed E-state index contributed by atoms with van der Waals surface area (Å²) in [5, 5.41) is 0. The van der Waals surface area contributed by atoms with Crippen molar-refractivity contribution in [2.24, 2.45) is 0 Å². The molecule has 0 amide bonds. The van der Waals surface area contributed by atoms with Crippen molar-refractivity contribution in [2.75, 3.05) is 5.73 Å². The van der Waals surface area contributed by atoms with Gasteiger partial charge in [0.1, 0.15) is 0 Å². The van der Waals surface area contributed by atoms with E-state index in [9.17, 15) is 4.79 Å². The van der Waals surface area contributed by atoms with Gasteiger partial charge in [-0.2, -0.15) is 0 Å². The highest BCUT2D eigenvalue weighted by atomic mass is 16.1. The molecule has 0 saturated heterocycles. The van der Waals surface area contributed by atoms with E-state index >= 15 is 0 Å². The van der Waals surface area contributed by atoms with Crippen LogP contribution >= 0.6 is 0 Å². The Balaban J connectivity index is 2.66. The number of hydrogen-bond donors (Lipinski definition) is 2. The molecular weight excluding hydrogens is 212 g/mol. The fourth-order valence-electron chi connectivity index (χ4n) is 2.16. The molecule has 3 N–H and O–H groups in total. The second kappa shape index (κ2) is 4.09. The Labute approximate surface area is 101 Å². The number of aryl methyl sites for hydroxylation is 2. The molecule has 3 nitrogen and oxygen atoms in total. The number of anilines is 1. The fraction of sp³-hybridized carbons (Fsp3) is 0.214. The summed E-state index contributed by atoms with van der Waals surface area (Å²) in [5.41, 5.74) is 11.0. The SMILES string of the molecule is CC(=O)c1c(C)[nH]c(-c2ccccc2C)c1N. The van der Waals surface area contributed by atoms with Gasteiger partial charge in [0.15, 0.2) is 5.78 Å². The molecule has 0 aliphatic rings. The van der Waals surface area contributed by atoms with E-state index in [0.717, 1.165) is 22.5 Å². The Morgan fingerprint density at radius 2 is 1.88 bits per heavy atom. The zero-order valence-corrected chi connectivity index (χ0v) is 10.3. The number of aromatic nitrogens is 1. The molecule has 3 heteroatoms.